The maximum Gasteiger partial charge on any atom is 0.149 e. The van der Waals surface area contributed by atoms with Crippen molar-refractivity contribution in [3.63, 3.8) is 0 Å². The minimum atomic E-state index is 0.0544. The highest BCUT2D eigenvalue weighted by Gasteiger charge is 2.25. The lowest BCUT2D eigenvalue weighted by Gasteiger charge is -2.21. The molecule has 2 heterocycles. The van der Waals surface area contributed by atoms with Gasteiger partial charge in [-0.15, -0.1) is 0 Å². The molecule has 2 aromatic heterocycles. The molecule has 4 nitrogen and oxygen atoms in total. The first-order valence-electron chi connectivity index (χ1n) is 22.4. The molecule has 65 heavy (non-hydrogen) atoms. The van der Waals surface area contributed by atoms with Crippen molar-refractivity contribution in [3.05, 3.63) is 217 Å². The summed E-state index contributed by atoms with van der Waals surface area (Å²) in [5, 5.41) is 11.9. The van der Waals surface area contributed by atoms with Crippen LogP contribution in [0.15, 0.2) is 194 Å². The summed E-state index contributed by atoms with van der Waals surface area (Å²) in [6, 6.07) is 66.7. The van der Waals surface area contributed by atoms with E-state index in [9.17, 15) is 5.11 Å². The second-order valence-corrected chi connectivity index (χ2v) is 18.3. The number of nitrogens with zero attached hydrogens (tertiary/aromatic N) is 3. The molecular weight excluding hydrogens is 791 g/mol. The van der Waals surface area contributed by atoms with Crippen molar-refractivity contribution in [3.8, 4) is 89.7 Å². The van der Waals surface area contributed by atoms with Crippen LogP contribution in [0, 0.1) is 20.8 Å². The van der Waals surface area contributed by atoms with Crippen molar-refractivity contribution in [2.75, 3.05) is 0 Å². The number of phenolic OH excluding ortho intramolecular Hbond substituents is 1. The molecule has 0 spiro atoms. The number of benzene rings is 8. The van der Waals surface area contributed by atoms with Gasteiger partial charge in [-0.1, -0.05) is 154 Å². The number of para-hydroxylation sites is 1. The van der Waals surface area contributed by atoms with Gasteiger partial charge in [-0.2, -0.15) is 0 Å². The minimum Gasteiger partial charge on any atom is -0.507 e. The summed E-state index contributed by atoms with van der Waals surface area (Å²) >= 11 is 0. The lowest BCUT2D eigenvalue weighted by atomic mass is 9.85. The highest BCUT2D eigenvalue weighted by Crippen LogP contribution is 2.44. The van der Waals surface area contributed by atoms with E-state index in [1.807, 2.05) is 25.3 Å². The molecule has 8 aromatic carbocycles. The van der Waals surface area contributed by atoms with Gasteiger partial charge < -0.3 is 5.11 Å². The Labute approximate surface area is 382 Å². The monoisotopic (exact) mass is 841 g/mol. The van der Waals surface area contributed by atoms with Gasteiger partial charge in [0.2, 0.25) is 0 Å². The van der Waals surface area contributed by atoms with Crippen molar-refractivity contribution in [2.45, 2.75) is 47.0 Å². The van der Waals surface area contributed by atoms with Gasteiger partial charge >= 0.3 is 0 Å². The summed E-state index contributed by atoms with van der Waals surface area (Å²) < 4.78 is 2.27. The Morgan fingerprint density at radius 3 is 1.74 bits per heavy atom. The summed E-state index contributed by atoms with van der Waals surface area (Å²) in [5.74, 6) is 0.896. The number of hydrogen-bond acceptors (Lipinski definition) is 3. The molecule has 0 saturated carbocycles. The number of phenols is 1. The van der Waals surface area contributed by atoms with Gasteiger partial charge in [0.15, 0.2) is 0 Å². The lowest BCUT2D eigenvalue weighted by Crippen LogP contribution is -2.10. The van der Waals surface area contributed by atoms with Crippen LogP contribution in [0.4, 0.5) is 0 Å². The Morgan fingerprint density at radius 2 is 1.06 bits per heavy atom. The van der Waals surface area contributed by atoms with Gasteiger partial charge in [0.05, 0.1) is 28.0 Å². The smallest absolute Gasteiger partial charge is 0.149 e. The molecule has 0 atom stereocenters. The summed E-state index contributed by atoms with van der Waals surface area (Å²) in [5.41, 5.74) is 20.6. The largest absolute Gasteiger partial charge is 0.507 e. The number of aromatic hydroxyl groups is 1. The minimum absolute atomic E-state index is 0.0544. The molecule has 10 aromatic rings. The lowest BCUT2D eigenvalue weighted by molar-refractivity contribution is 0.472. The number of rotatable bonds is 8. The number of aromatic nitrogens is 3. The number of imidazole rings is 1. The average Bonchev–Trinajstić information content (AvgIpc) is 3.72. The van der Waals surface area contributed by atoms with E-state index in [4.69, 9.17) is 9.97 Å². The number of aryl methyl sites for hydroxylation is 3. The predicted molar refractivity (Wildman–Crippen MR) is 271 cm³/mol. The van der Waals surface area contributed by atoms with E-state index in [0.717, 1.165) is 89.2 Å². The second-order valence-electron chi connectivity index (χ2n) is 18.3. The van der Waals surface area contributed by atoms with Crippen LogP contribution >= 0.6 is 0 Å². The highest BCUT2D eigenvalue weighted by atomic mass is 16.3. The van der Waals surface area contributed by atoms with Crippen molar-refractivity contribution >= 4 is 11.0 Å². The zero-order valence-electron chi connectivity index (χ0n) is 37.8. The normalized spacial score (nSPS) is 11.6. The molecule has 0 radical (unpaired) electrons. The van der Waals surface area contributed by atoms with Gasteiger partial charge in [0.25, 0.3) is 0 Å². The van der Waals surface area contributed by atoms with Crippen LogP contribution < -0.4 is 0 Å². The summed E-state index contributed by atoms with van der Waals surface area (Å²) in [6.07, 6.45) is 1.90. The van der Waals surface area contributed by atoms with Crippen molar-refractivity contribution in [2.24, 2.45) is 0 Å². The Balaban J connectivity index is 1.24. The van der Waals surface area contributed by atoms with Crippen molar-refractivity contribution < 1.29 is 5.11 Å². The molecule has 0 aliphatic heterocycles. The third-order valence-corrected chi connectivity index (χ3v) is 12.6. The molecule has 4 heteroatoms. The van der Waals surface area contributed by atoms with E-state index < -0.39 is 0 Å². The SMILES string of the molecule is Cc1cc(C)c(O)c(-c2nc3c(-c4cc(-c5ccccc5)cc(-c5cc(-c6ccccc6)ccn5)c4)cccc3n2-c2cc(C)c(-c3ccc(C(C)(C)C)cc3)cc2-c2ccccc2)c1. The van der Waals surface area contributed by atoms with Gasteiger partial charge in [0, 0.05) is 22.9 Å². The molecule has 0 aliphatic carbocycles. The van der Waals surface area contributed by atoms with Crippen LogP contribution in [-0.4, -0.2) is 19.6 Å². The third kappa shape index (κ3) is 7.93. The van der Waals surface area contributed by atoms with E-state index in [2.05, 4.69) is 215 Å². The molecule has 0 unspecified atom stereocenters. The van der Waals surface area contributed by atoms with Crippen LogP contribution in [0.1, 0.15) is 43.0 Å². The molecule has 316 valence electrons. The van der Waals surface area contributed by atoms with Gasteiger partial charge in [-0.25, -0.2) is 4.98 Å². The quantitative estimate of drug-likeness (QED) is 0.166. The Hall–Kier alpha value is -7.82. The first-order valence-corrected chi connectivity index (χ1v) is 22.4. The molecule has 0 aliphatic rings. The van der Waals surface area contributed by atoms with Gasteiger partial charge in [-0.05, 0) is 148 Å². The van der Waals surface area contributed by atoms with Crippen LogP contribution in [0.25, 0.3) is 95.0 Å². The molecule has 0 saturated heterocycles. The first kappa shape index (κ1) is 41.2. The van der Waals surface area contributed by atoms with E-state index in [1.54, 1.807) is 0 Å². The summed E-state index contributed by atoms with van der Waals surface area (Å²) in [7, 11) is 0. The van der Waals surface area contributed by atoms with Crippen molar-refractivity contribution in [1.29, 1.82) is 0 Å². The Kier molecular flexibility index (Phi) is 10.6. The standard InChI is InChI=1S/C61H51N3O/c1-39-31-41(3)59(65)54(32-39)60-63-58-51(48-34-47(43-19-12-8-13-20-43)35-49(36-48)55-37-46(29-30-62-55)42-17-10-7-11-18-42)23-16-24-56(58)64(60)57-33-40(2)52(38-53(57)44-21-14-9-15-22-44)45-25-27-50(28-26-45)61(4,5)6/h7-38,65H,1-6H3. The number of fused-ring (bicyclic) bond motifs is 1. The molecule has 0 amide bonds. The maximum atomic E-state index is 11.9. The first-order chi connectivity index (χ1) is 31.5. The fourth-order valence-corrected chi connectivity index (χ4v) is 9.20. The van der Waals surface area contributed by atoms with Gasteiger partial charge in [-0.3, -0.25) is 9.55 Å². The fourth-order valence-electron chi connectivity index (χ4n) is 9.20. The van der Waals surface area contributed by atoms with Crippen LogP contribution in [-0.2, 0) is 5.41 Å². The van der Waals surface area contributed by atoms with E-state index in [1.165, 1.54) is 16.7 Å². The Morgan fingerprint density at radius 1 is 0.446 bits per heavy atom. The van der Waals surface area contributed by atoms with E-state index >= 15 is 0 Å². The second kappa shape index (κ2) is 16.7. The highest BCUT2D eigenvalue weighted by molar-refractivity contribution is 5.99. The van der Waals surface area contributed by atoms with E-state index in [0.29, 0.717) is 11.4 Å². The van der Waals surface area contributed by atoms with Crippen LogP contribution in [0.3, 0.4) is 0 Å². The topological polar surface area (TPSA) is 50.9 Å². The summed E-state index contributed by atoms with van der Waals surface area (Å²) in [6.45, 7) is 13.0. The van der Waals surface area contributed by atoms with Gasteiger partial charge in [0.1, 0.15) is 11.6 Å². The molecule has 1 N–H and O–H groups in total. The molecule has 0 bridgehead atoms. The number of hydrogen-bond donors (Lipinski definition) is 1. The predicted octanol–water partition coefficient (Wildman–Crippen LogP) is 16.0. The zero-order chi connectivity index (χ0) is 44.8. The molecule has 0 fully saturated rings. The van der Waals surface area contributed by atoms with E-state index in [-0.39, 0.29) is 11.2 Å². The average molecular weight is 842 g/mol. The Bertz CT molecular complexity index is 3360. The van der Waals surface area contributed by atoms with Crippen LogP contribution in [0.2, 0.25) is 0 Å². The fraction of sp³-hybridized carbons (Fsp3) is 0.115. The molecule has 10 rings (SSSR count). The third-order valence-electron chi connectivity index (χ3n) is 12.6. The number of pyridine rings is 1. The van der Waals surface area contributed by atoms with Crippen molar-refractivity contribution in [1.82, 2.24) is 14.5 Å². The molecular formula is C61H51N3O. The zero-order valence-corrected chi connectivity index (χ0v) is 37.8. The van der Waals surface area contributed by atoms with Crippen LogP contribution in [0.5, 0.6) is 5.75 Å². The summed E-state index contributed by atoms with van der Waals surface area (Å²) in [4.78, 5) is 10.5. The maximum absolute atomic E-state index is 11.9.